The summed E-state index contributed by atoms with van der Waals surface area (Å²) >= 11 is 0. The van der Waals surface area contributed by atoms with Gasteiger partial charge in [0.1, 0.15) is 72.5 Å². The summed E-state index contributed by atoms with van der Waals surface area (Å²) in [6.07, 6.45) is -2.85. The second kappa shape index (κ2) is 53.7. The maximum Gasteiger partial charge on any atom is 0.317 e. The molecule has 0 radical (unpaired) electrons. The van der Waals surface area contributed by atoms with E-state index in [2.05, 4.69) is 73.8 Å². The van der Waals surface area contributed by atoms with Crippen molar-refractivity contribution in [2.24, 2.45) is 22.6 Å². The van der Waals surface area contributed by atoms with E-state index in [-0.39, 0.29) is 111 Å². The van der Waals surface area contributed by atoms with Crippen LogP contribution in [0.25, 0.3) is 32.6 Å². The summed E-state index contributed by atoms with van der Waals surface area (Å²) in [4.78, 5) is 296. The molecule has 3 saturated heterocycles. The van der Waals surface area contributed by atoms with Crippen molar-refractivity contribution < 1.29 is 121 Å². The number of unbranched alkanes of at least 4 members (excludes halogenated alkanes) is 1. The van der Waals surface area contributed by atoms with Crippen LogP contribution < -0.4 is 81.0 Å². The van der Waals surface area contributed by atoms with Gasteiger partial charge in [-0.25, -0.2) is 0 Å². The maximum atomic E-state index is 15.6. The van der Waals surface area contributed by atoms with Gasteiger partial charge >= 0.3 is 23.9 Å². The number of carboxylic acids is 4. The van der Waals surface area contributed by atoms with Gasteiger partial charge in [0.2, 0.25) is 94.5 Å². The van der Waals surface area contributed by atoms with Crippen molar-refractivity contribution in [3.63, 3.8) is 0 Å². The number of nitrogens with zero attached hydrogens (tertiary/aromatic N) is 5. The van der Waals surface area contributed by atoms with Crippen LogP contribution in [0.3, 0.4) is 0 Å². The molecule has 16 amide bonds. The van der Waals surface area contributed by atoms with E-state index in [1.54, 1.807) is 130 Å². The molecular weight excluding hydrogens is 1890 g/mol. The predicted octanol–water partition coefficient (Wildman–Crippen LogP) is -4.14. The highest BCUT2D eigenvalue weighted by molar-refractivity contribution is 8.76. The van der Waals surface area contributed by atoms with Crippen LogP contribution in [0.1, 0.15) is 109 Å². The number of amides is 16. The molecule has 5 heterocycles. The maximum absolute atomic E-state index is 15.6. The van der Waals surface area contributed by atoms with Gasteiger partial charge in [-0.15, -0.1) is 0 Å². The van der Waals surface area contributed by atoms with E-state index in [1.807, 2.05) is 0 Å². The molecule has 47 nitrogen and oxygen atoms in total. The molecule has 770 valence electrons. The van der Waals surface area contributed by atoms with Gasteiger partial charge in [0, 0.05) is 137 Å². The van der Waals surface area contributed by atoms with Gasteiger partial charge in [0.05, 0.1) is 51.5 Å². The minimum atomic E-state index is -2.21. The van der Waals surface area contributed by atoms with Crippen molar-refractivity contribution in [2.45, 2.75) is 190 Å². The number of aromatic amines is 2. The van der Waals surface area contributed by atoms with Crippen LogP contribution in [-0.4, -0.2) is 360 Å². The molecule has 0 saturated carbocycles. The molecule has 0 bridgehead atoms. The van der Waals surface area contributed by atoms with Crippen LogP contribution in [0, 0.1) is 5.41 Å². The first-order valence-electron chi connectivity index (χ1n) is 46.4. The minimum Gasteiger partial charge on any atom is -0.481 e. The summed E-state index contributed by atoms with van der Waals surface area (Å²) < 4.78 is 0. The first-order chi connectivity index (χ1) is 67.4. The first kappa shape index (κ1) is 112. The lowest BCUT2D eigenvalue weighted by molar-refractivity contribution is -0.142. The molecule has 0 unspecified atom stereocenters. The fraction of sp³-hybridized carbons (Fsp3) is 0.505. The van der Waals surface area contributed by atoms with Crippen molar-refractivity contribution in [1.82, 2.24) is 98.3 Å². The average molecular weight is 2020 g/mol. The van der Waals surface area contributed by atoms with Crippen LogP contribution in [0.4, 0.5) is 0 Å². The van der Waals surface area contributed by atoms with Crippen molar-refractivity contribution >= 4 is 173 Å². The Balaban J connectivity index is 1.09. The molecule has 0 aliphatic carbocycles. The predicted molar refractivity (Wildman–Crippen MR) is 519 cm³/mol. The number of rotatable bonds is 39. The topological polar surface area (TPSA) is 713 Å². The first-order valence-corrected chi connectivity index (χ1v) is 48.9. The summed E-state index contributed by atoms with van der Waals surface area (Å²) in [7, 11) is 1.35. The van der Waals surface area contributed by atoms with E-state index in [1.165, 1.54) is 18.7 Å². The Hall–Kier alpha value is -13.9. The third kappa shape index (κ3) is 34.2. The Morgan fingerprint density at radius 1 is 0.507 bits per heavy atom. The zero-order valence-corrected chi connectivity index (χ0v) is 80.9. The fourth-order valence-corrected chi connectivity index (χ4v) is 19.0. The number of nitrogens with two attached hydrogens (primary N) is 3. The Bertz CT molecular complexity index is 5550. The minimum absolute atomic E-state index is 0.000362. The monoisotopic (exact) mass is 2010 g/mol. The summed E-state index contributed by atoms with van der Waals surface area (Å²) in [6, 6.07) is 4.07. The summed E-state index contributed by atoms with van der Waals surface area (Å²) in [5.41, 5.74) is 18.7. The largest absolute Gasteiger partial charge is 0.481 e. The standard InChI is InChI=1S/C93H126N22O25S2/c1-6-93(4,5)80(110-90(138)79(51(2)116)109-87(135)64(100-52(3)117)38-56-43-98-60-20-11-9-18-58(56)60)91(139)108-70-50-142-141-49-69(89(137)106-68(92(140)115-27-15-23-71(115)81(96)129)39-57-44-99-61-21-12-10-19-59(57)61)107-86(134)67(42-75(121)122)105-82(130)62(22-13-14-26-97-74(120)45-111-28-30-112(46-76(123)124)32-34-114(48-78(127)128)35-33-113(31-29-111)47-77(125)126)101-83(131)63(37-53-24-25-54-16-7-8-17-55(54)36-53)102-84(132)65(40-72(94)118)103-85(133)66(41-73(95)119)104-88(70)136/h7-12,16-21,24-25,36,43-44,51,62-71,79-80,98-99,116H,6,13-15,22-23,26-35,37-42,45-50H2,1-5H3,(H2,94,118)(H2,95,119)(H2,96,129)(H,97,120)(H,100,117)(H,101,131)(H,102,132)(H,103,133)(H,104,136)(H,105,130)(H,106,137)(H,107,134)(H,108,139)(H,109,135)(H,110,138)(H,121,122)(H,123,124)(H,125,126)(H,127,128)/t51-,62+,63+,64+,65+,66+,67+,68+,69+,70+,71+,79+,80-/m1/s1. The molecule has 0 spiro atoms. The zero-order valence-electron chi connectivity index (χ0n) is 79.3. The molecule has 3 fully saturated rings. The highest BCUT2D eigenvalue weighted by atomic mass is 33.1. The molecular formula is C93H126N22O25S2. The van der Waals surface area contributed by atoms with E-state index < -0.39 is 266 Å². The number of aliphatic hydroxyl groups is 1. The number of primary amides is 3. The van der Waals surface area contributed by atoms with Crippen LogP contribution in [0.5, 0.6) is 0 Å². The molecule has 4 aromatic carbocycles. The Morgan fingerprint density at radius 2 is 0.986 bits per heavy atom. The third-order valence-electron chi connectivity index (χ3n) is 24.7. The van der Waals surface area contributed by atoms with Gasteiger partial charge in [0.15, 0.2) is 0 Å². The van der Waals surface area contributed by atoms with Crippen LogP contribution in [0.2, 0.25) is 0 Å². The van der Waals surface area contributed by atoms with Gasteiger partial charge in [-0.05, 0) is 90.5 Å². The number of hydrogen-bond donors (Lipinski definition) is 22. The number of nitrogens with one attached hydrogen (secondary N) is 14. The molecule has 142 heavy (non-hydrogen) atoms. The second-order valence-electron chi connectivity index (χ2n) is 36.0. The number of likely N-dealkylation sites (tertiary alicyclic amines) is 1. The van der Waals surface area contributed by atoms with Gasteiger partial charge in [-0.3, -0.25) is 115 Å². The van der Waals surface area contributed by atoms with E-state index >= 15 is 43.2 Å². The number of carbonyl (C=O) groups excluding carboxylic acids is 16. The highest BCUT2D eigenvalue weighted by Crippen LogP contribution is 2.30. The van der Waals surface area contributed by atoms with Crippen molar-refractivity contribution in [2.75, 3.05) is 103 Å². The van der Waals surface area contributed by atoms with E-state index in [9.17, 15) is 78.3 Å². The summed E-state index contributed by atoms with van der Waals surface area (Å²) in [5.74, 6) is -24.4. The number of carbonyl (C=O) groups is 20. The number of hydrogen-bond acceptors (Lipinski definition) is 27. The van der Waals surface area contributed by atoms with Crippen molar-refractivity contribution in [1.29, 1.82) is 0 Å². The van der Waals surface area contributed by atoms with Gasteiger partial charge in [0.25, 0.3) is 0 Å². The lowest BCUT2D eigenvalue weighted by Crippen LogP contribution is -2.64. The van der Waals surface area contributed by atoms with Gasteiger partial charge < -0.3 is 121 Å². The smallest absolute Gasteiger partial charge is 0.317 e. The summed E-state index contributed by atoms with van der Waals surface area (Å²) in [5, 5.41) is 84.4. The van der Waals surface area contributed by atoms with Gasteiger partial charge in [-0.1, -0.05) is 121 Å². The molecule has 25 N–H and O–H groups in total. The molecule has 49 heteroatoms. The van der Waals surface area contributed by atoms with Crippen molar-refractivity contribution in [3.8, 4) is 0 Å². The quantitative estimate of drug-likeness (QED) is 0.0129. The number of benzene rings is 4. The Kier molecular flexibility index (Phi) is 42.2. The number of fused-ring (bicyclic) bond motifs is 3. The number of carboxylic acid groups (broad SMARTS) is 4. The Morgan fingerprint density at radius 3 is 1.51 bits per heavy atom. The molecule has 6 aromatic rings. The van der Waals surface area contributed by atoms with Crippen LogP contribution in [-0.2, 0) is 115 Å². The van der Waals surface area contributed by atoms with E-state index in [0.717, 1.165) is 13.8 Å². The van der Waals surface area contributed by atoms with E-state index in [4.69, 9.17) is 17.2 Å². The van der Waals surface area contributed by atoms with Crippen LogP contribution >= 0.6 is 21.6 Å². The zero-order chi connectivity index (χ0) is 104. The fourth-order valence-electron chi connectivity index (χ4n) is 16.7. The molecule has 3 aliphatic rings. The normalized spacial score (nSPS) is 20.9. The number of aromatic nitrogens is 2. The lowest BCUT2D eigenvalue weighted by atomic mass is 9.81. The molecule has 13 atom stereocenters. The average Bonchev–Trinajstić information content (AvgIpc) is 1.47. The SMILES string of the molecule is CCC(C)(C)[C@H](NC(=O)[C@@H](NC(=O)[C@H](Cc1c[nH]c2ccccc12)NC(C)=O)[C@@H](C)O)C(=O)N[C@H]1CSSC[C@@H](C(=O)N[C@@H](Cc2c[nH]c3ccccc23)C(=O)N2CCC[C@H]2C(N)=O)NC(=O)[C@H](CC(=O)O)NC(=O)[C@H](CCCCNC(=O)CN2CCN(CC(=O)O)CCN(CC(=O)O)CCN(CC(=O)O)CC2)NC(=O)[C@H](Cc2ccc3ccccc3c2)NC(=O)[C@H](CC(N)=O)NC(=O)[C@H](CC(N)=O)NC1=O. The highest BCUT2D eigenvalue weighted by Gasteiger charge is 2.44. The Labute approximate surface area is 824 Å². The molecule has 3 aliphatic heterocycles. The molecule has 2 aromatic heterocycles. The summed E-state index contributed by atoms with van der Waals surface area (Å²) in [6.45, 7) is 5.97. The number of aliphatic carboxylic acids is 4. The van der Waals surface area contributed by atoms with Crippen molar-refractivity contribution in [3.05, 3.63) is 120 Å². The number of H-pyrrole nitrogens is 2. The second-order valence-corrected chi connectivity index (χ2v) is 38.5. The van der Waals surface area contributed by atoms with E-state index in [0.29, 0.717) is 77.3 Å². The number of para-hydroxylation sites is 2. The van der Waals surface area contributed by atoms with Gasteiger partial charge in [-0.2, -0.15) is 0 Å². The third-order valence-corrected chi connectivity index (χ3v) is 27.1. The van der Waals surface area contributed by atoms with Crippen LogP contribution in [0.15, 0.2) is 103 Å². The lowest BCUT2D eigenvalue weighted by Gasteiger charge is -2.35. The number of aliphatic hydroxyl groups excluding tert-OH is 1. The molecule has 9 rings (SSSR count).